The number of carboxylic acid groups (broad SMARTS) is 1. The van der Waals surface area contributed by atoms with Gasteiger partial charge in [0.2, 0.25) is 0 Å². The lowest BCUT2D eigenvalue weighted by Crippen LogP contribution is -2.21. The van der Waals surface area contributed by atoms with E-state index in [-0.39, 0.29) is 10.7 Å². The first kappa shape index (κ1) is 21.0. The molecule has 10 heteroatoms. The fourth-order valence-corrected chi connectivity index (χ4v) is 5.07. The van der Waals surface area contributed by atoms with Gasteiger partial charge in [-0.25, -0.2) is 18.1 Å². The van der Waals surface area contributed by atoms with Crippen molar-refractivity contribution in [2.45, 2.75) is 23.2 Å². The number of aryl methyl sites for hydroxylation is 1. The van der Waals surface area contributed by atoms with Crippen LogP contribution < -0.4 is 10.5 Å². The number of nitrogen functional groups attached to an aromatic ring is 1. The maximum atomic E-state index is 12.6. The summed E-state index contributed by atoms with van der Waals surface area (Å²) in [4.78, 5) is 16.7. The Hall–Kier alpha value is -3.92. The molecule has 4 N–H and O–H groups in total. The van der Waals surface area contributed by atoms with Gasteiger partial charge in [-0.3, -0.25) is 9.52 Å². The predicted molar refractivity (Wildman–Crippen MR) is 124 cm³/mol. The van der Waals surface area contributed by atoms with E-state index in [0.29, 0.717) is 40.8 Å². The van der Waals surface area contributed by atoms with Crippen molar-refractivity contribution < 1.29 is 18.3 Å². The van der Waals surface area contributed by atoms with E-state index in [1.165, 1.54) is 16.8 Å². The Kier molecular flexibility index (Phi) is 4.64. The lowest BCUT2D eigenvalue weighted by molar-refractivity contribution is -0.140. The van der Waals surface area contributed by atoms with Gasteiger partial charge in [-0.05, 0) is 54.3 Å². The van der Waals surface area contributed by atoms with Crippen LogP contribution in [-0.4, -0.2) is 34.3 Å². The fourth-order valence-electron chi connectivity index (χ4n) is 3.99. The molecule has 0 saturated heterocycles. The highest BCUT2D eigenvalue weighted by Crippen LogP contribution is 2.49. The van der Waals surface area contributed by atoms with Gasteiger partial charge in [-0.2, -0.15) is 5.10 Å². The molecule has 4 aromatic rings. The molecule has 0 spiro atoms. The van der Waals surface area contributed by atoms with E-state index < -0.39 is 21.4 Å². The van der Waals surface area contributed by atoms with Gasteiger partial charge in [0.05, 0.1) is 16.0 Å². The van der Waals surface area contributed by atoms with Gasteiger partial charge in [0, 0.05) is 12.7 Å². The molecule has 0 unspecified atom stereocenters. The second-order valence-electron chi connectivity index (χ2n) is 8.15. The summed E-state index contributed by atoms with van der Waals surface area (Å²) >= 11 is 0. The van der Waals surface area contributed by atoms with Crippen LogP contribution in [0.2, 0.25) is 0 Å². The predicted octanol–water partition coefficient (Wildman–Crippen LogP) is 3.13. The van der Waals surface area contributed by atoms with Gasteiger partial charge >= 0.3 is 5.97 Å². The molecule has 33 heavy (non-hydrogen) atoms. The quantitative estimate of drug-likeness (QED) is 0.399. The maximum absolute atomic E-state index is 12.6. The first-order valence-corrected chi connectivity index (χ1v) is 11.7. The molecule has 2 heterocycles. The highest BCUT2D eigenvalue weighted by atomic mass is 32.2. The molecule has 9 nitrogen and oxygen atoms in total. The number of nitrogens with one attached hydrogen (secondary N) is 1. The summed E-state index contributed by atoms with van der Waals surface area (Å²) in [5.41, 5.74) is 7.96. The number of hydrogen-bond donors (Lipinski definition) is 3. The van der Waals surface area contributed by atoms with Gasteiger partial charge in [0.15, 0.2) is 11.5 Å². The molecular weight excluding hydrogens is 442 g/mol. The lowest BCUT2D eigenvalue weighted by atomic mass is 9.96. The van der Waals surface area contributed by atoms with Crippen LogP contribution in [0.25, 0.3) is 22.2 Å². The first-order chi connectivity index (χ1) is 15.7. The largest absolute Gasteiger partial charge is 0.481 e. The molecule has 1 aliphatic rings. The minimum atomic E-state index is -3.71. The average Bonchev–Trinajstić information content (AvgIpc) is 3.56. The Bertz CT molecular complexity index is 1490. The zero-order valence-corrected chi connectivity index (χ0v) is 18.5. The van der Waals surface area contributed by atoms with E-state index in [1.54, 1.807) is 55.6 Å². The van der Waals surface area contributed by atoms with Crippen LogP contribution in [0.4, 0.5) is 11.5 Å². The number of nitrogens with zero attached hydrogens (tertiary/aromatic N) is 3. The number of aliphatic carboxylic acids is 1. The number of rotatable bonds is 6. The van der Waals surface area contributed by atoms with Crippen molar-refractivity contribution in [3.63, 3.8) is 0 Å². The first-order valence-electron chi connectivity index (χ1n) is 10.3. The number of benzene rings is 2. The standard InChI is InChI=1S/C23H21N5O4S/c1-28-21-19(20(24)26-28)17(13-18(25-21)23(11-12-23)22(29)30)14-7-9-15(10-8-14)27-33(31,32)16-5-3-2-4-6-16/h2-10,13,27H,11-12H2,1H3,(H2,24,26)(H,29,30). The zero-order chi connectivity index (χ0) is 23.4. The van der Waals surface area contributed by atoms with Crippen molar-refractivity contribution in [2.75, 3.05) is 10.5 Å². The van der Waals surface area contributed by atoms with Crippen LogP contribution in [0.1, 0.15) is 18.5 Å². The Labute approximate surface area is 189 Å². The summed E-state index contributed by atoms with van der Waals surface area (Å²) in [6.45, 7) is 0. The van der Waals surface area contributed by atoms with Crippen molar-refractivity contribution in [3.8, 4) is 11.1 Å². The number of pyridine rings is 1. The summed E-state index contributed by atoms with van der Waals surface area (Å²) in [6.07, 6.45) is 1.04. The van der Waals surface area contributed by atoms with Crippen molar-refractivity contribution in [1.29, 1.82) is 0 Å². The normalized spacial score (nSPS) is 14.8. The van der Waals surface area contributed by atoms with E-state index >= 15 is 0 Å². The number of carbonyl (C=O) groups is 1. The second kappa shape index (κ2) is 7.31. The SMILES string of the molecule is Cn1nc(N)c2c(-c3ccc(NS(=O)(=O)c4ccccc4)cc3)cc(C3(C(=O)O)CC3)nc21. The molecule has 1 aliphatic carbocycles. The molecule has 1 fully saturated rings. The third-order valence-corrected chi connectivity index (χ3v) is 7.37. The Morgan fingerprint density at radius 2 is 1.79 bits per heavy atom. The lowest BCUT2D eigenvalue weighted by Gasteiger charge is -2.14. The number of carboxylic acids is 1. The third kappa shape index (κ3) is 3.48. The average molecular weight is 464 g/mol. The molecule has 2 aromatic heterocycles. The molecule has 168 valence electrons. The summed E-state index contributed by atoms with van der Waals surface area (Å²) in [5, 5.41) is 14.6. The van der Waals surface area contributed by atoms with E-state index in [0.717, 1.165) is 5.56 Å². The van der Waals surface area contributed by atoms with Crippen LogP contribution in [-0.2, 0) is 27.3 Å². The molecular formula is C23H21N5O4S. The molecule has 0 radical (unpaired) electrons. The van der Waals surface area contributed by atoms with Crippen molar-refractivity contribution >= 4 is 38.5 Å². The Morgan fingerprint density at radius 3 is 2.39 bits per heavy atom. The Morgan fingerprint density at radius 1 is 1.12 bits per heavy atom. The summed E-state index contributed by atoms with van der Waals surface area (Å²) < 4.78 is 29.3. The highest BCUT2D eigenvalue weighted by Gasteiger charge is 2.53. The van der Waals surface area contributed by atoms with E-state index in [4.69, 9.17) is 5.73 Å². The van der Waals surface area contributed by atoms with E-state index in [1.807, 2.05) is 0 Å². The number of hydrogen-bond acceptors (Lipinski definition) is 6. The van der Waals surface area contributed by atoms with Crippen LogP contribution in [0, 0.1) is 0 Å². The minimum absolute atomic E-state index is 0.168. The molecule has 2 aromatic carbocycles. The summed E-state index contributed by atoms with van der Waals surface area (Å²) in [5.74, 6) is -0.614. The summed E-state index contributed by atoms with van der Waals surface area (Å²) in [7, 11) is -2.01. The fraction of sp³-hybridized carbons (Fsp3) is 0.174. The molecule has 0 amide bonds. The summed E-state index contributed by atoms with van der Waals surface area (Å²) in [6, 6.07) is 16.7. The minimum Gasteiger partial charge on any atom is -0.481 e. The topological polar surface area (TPSA) is 140 Å². The smallest absolute Gasteiger partial charge is 0.315 e. The number of aromatic nitrogens is 3. The maximum Gasteiger partial charge on any atom is 0.315 e. The second-order valence-corrected chi connectivity index (χ2v) is 9.83. The van der Waals surface area contributed by atoms with Crippen molar-refractivity contribution in [3.05, 3.63) is 66.4 Å². The van der Waals surface area contributed by atoms with Crippen LogP contribution >= 0.6 is 0 Å². The van der Waals surface area contributed by atoms with Gasteiger partial charge in [-0.1, -0.05) is 30.3 Å². The van der Waals surface area contributed by atoms with Crippen molar-refractivity contribution in [2.24, 2.45) is 7.05 Å². The van der Waals surface area contributed by atoms with E-state index in [9.17, 15) is 18.3 Å². The highest BCUT2D eigenvalue weighted by molar-refractivity contribution is 7.92. The van der Waals surface area contributed by atoms with E-state index in [2.05, 4.69) is 14.8 Å². The zero-order valence-electron chi connectivity index (χ0n) is 17.7. The molecule has 0 aliphatic heterocycles. The Balaban J connectivity index is 1.56. The number of fused-ring (bicyclic) bond motifs is 1. The van der Waals surface area contributed by atoms with Crippen LogP contribution in [0.15, 0.2) is 65.6 Å². The monoisotopic (exact) mass is 463 g/mol. The van der Waals surface area contributed by atoms with Gasteiger partial charge < -0.3 is 10.8 Å². The number of sulfonamides is 1. The van der Waals surface area contributed by atoms with Crippen LogP contribution in [0.5, 0.6) is 0 Å². The number of nitrogens with two attached hydrogens (primary N) is 1. The number of anilines is 2. The van der Waals surface area contributed by atoms with Gasteiger partial charge in [-0.15, -0.1) is 0 Å². The van der Waals surface area contributed by atoms with Gasteiger partial charge in [0.1, 0.15) is 5.41 Å². The van der Waals surface area contributed by atoms with Crippen molar-refractivity contribution in [1.82, 2.24) is 14.8 Å². The van der Waals surface area contributed by atoms with Gasteiger partial charge in [0.25, 0.3) is 10.0 Å². The third-order valence-electron chi connectivity index (χ3n) is 5.97. The van der Waals surface area contributed by atoms with Crippen LogP contribution in [0.3, 0.4) is 0 Å². The molecule has 1 saturated carbocycles. The molecule has 0 bridgehead atoms. The molecule has 5 rings (SSSR count). The molecule has 0 atom stereocenters.